The van der Waals surface area contributed by atoms with Gasteiger partial charge in [-0.1, -0.05) is 0 Å². The van der Waals surface area contributed by atoms with Crippen molar-refractivity contribution < 1.29 is 19.4 Å². The Balaban J connectivity index is 0.00000240. The predicted octanol–water partition coefficient (Wildman–Crippen LogP) is 2.32. The number of nitrogens with one attached hydrogen (secondary N) is 1. The normalized spacial score (nSPS) is 18.4. The lowest BCUT2D eigenvalue weighted by molar-refractivity contribution is 0.124. The van der Waals surface area contributed by atoms with Crippen LogP contribution in [0, 0.1) is 6.92 Å². The number of carbonyl (C=O) groups excluding carboxylic acids is 1. The Morgan fingerprint density at radius 1 is 1.34 bits per heavy atom. The lowest BCUT2D eigenvalue weighted by atomic mass is 10.1. The topological polar surface area (TPSA) is 99.9 Å². The highest BCUT2D eigenvalue weighted by atomic mass is 35.5. The Morgan fingerprint density at radius 3 is 2.79 bits per heavy atom. The molecule has 2 amide bonds. The number of carbonyl (C=O) groups is 2. The molecule has 156 valence electrons. The molecule has 2 aliphatic rings. The second-order valence-electron chi connectivity index (χ2n) is 7.01. The van der Waals surface area contributed by atoms with E-state index in [2.05, 4.69) is 10.3 Å². The number of aromatic nitrogens is 2. The minimum absolute atomic E-state index is 0. The lowest BCUT2D eigenvalue weighted by Gasteiger charge is -2.31. The number of anilines is 1. The number of imidazole rings is 1. The summed E-state index contributed by atoms with van der Waals surface area (Å²) in [5.41, 5.74) is 1.70. The van der Waals surface area contributed by atoms with Crippen molar-refractivity contribution in [2.24, 2.45) is 0 Å². The van der Waals surface area contributed by atoms with Gasteiger partial charge >= 0.3 is 12.1 Å². The molecule has 0 spiro atoms. The number of hydrogen-bond acceptors (Lipinski definition) is 5. The number of nitrogens with zero attached hydrogens (tertiary/aromatic N) is 4. The number of aryl methyl sites for hydroxylation is 1. The highest BCUT2D eigenvalue weighted by Crippen LogP contribution is 2.27. The first-order valence-electron chi connectivity index (χ1n) is 9.32. The maximum Gasteiger partial charge on any atom is 0.407 e. The quantitative estimate of drug-likeness (QED) is 0.768. The van der Waals surface area contributed by atoms with Crippen LogP contribution in [0.15, 0.2) is 30.5 Å². The monoisotopic (exact) mass is 421 g/mol. The van der Waals surface area contributed by atoms with E-state index in [0.717, 1.165) is 23.6 Å². The number of ether oxygens (including phenoxy) is 1. The van der Waals surface area contributed by atoms with Crippen LogP contribution in [0.1, 0.15) is 17.9 Å². The van der Waals surface area contributed by atoms with Gasteiger partial charge in [0.15, 0.2) is 0 Å². The molecule has 2 aliphatic heterocycles. The minimum Gasteiger partial charge on any atom is -0.494 e. The van der Waals surface area contributed by atoms with Crippen molar-refractivity contribution in [2.45, 2.75) is 25.9 Å². The van der Waals surface area contributed by atoms with Crippen molar-refractivity contribution in [1.29, 1.82) is 0 Å². The molecule has 0 aliphatic carbocycles. The van der Waals surface area contributed by atoms with Crippen LogP contribution in [0.25, 0.3) is 0 Å². The Labute approximate surface area is 174 Å². The van der Waals surface area contributed by atoms with Gasteiger partial charge in [-0.3, -0.25) is 9.47 Å². The molecule has 0 saturated carbocycles. The van der Waals surface area contributed by atoms with Gasteiger partial charge in [0, 0.05) is 31.4 Å². The molecular weight excluding hydrogens is 398 g/mol. The van der Waals surface area contributed by atoms with E-state index in [-0.39, 0.29) is 24.5 Å². The van der Waals surface area contributed by atoms with Crippen molar-refractivity contribution in [3.8, 4) is 5.75 Å². The van der Waals surface area contributed by atoms with E-state index in [4.69, 9.17) is 9.84 Å². The van der Waals surface area contributed by atoms with Crippen LogP contribution >= 0.6 is 12.4 Å². The summed E-state index contributed by atoms with van der Waals surface area (Å²) in [6, 6.07) is 7.43. The summed E-state index contributed by atoms with van der Waals surface area (Å²) in [7, 11) is 0. The third-order valence-electron chi connectivity index (χ3n) is 5.16. The summed E-state index contributed by atoms with van der Waals surface area (Å²) in [6.45, 7) is 4.47. The molecule has 1 saturated heterocycles. The summed E-state index contributed by atoms with van der Waals surface area (Å²) in [5, 5.41) is 12.4. The zero-order valence-electron chi connectivity index (χ0n) is 16.1. The predicted molar refractivity (Wildman–Crippen MR) is 109 cm³/mol. The summed E-state index contributed by atoms with van der Waals surface area (Å²) in [6.07, 6.45) is 1.57. The summed E-state index contributed by atoms with van der Waals surface area (Å²) in [5.74, 6) is 1.42. The van der Waals surface area contributed by atoms with Crippen molar-refractivity contribution in [2.75, 3.05) is 31.1 Å². The molecule has 2 N–H and O–H groups in total. The zero-order valence-corrected chi connectivity index (χ0v) is 16.9. The highest BCUT2D eigenvalue weighted by Gasteiger charge is 2.30. The summed E-state index contributed by atoms with van der Waals surface area (Å²) < 4.78 is 7.42. The molecule has 1 aromatic carbocycles. The van der Waals surface area contributed by atoms with Gasteiger partial charge in [-0.15, -0.1) is 12.4 Å². The molecule has 0 unspecified atom stereocenters. The second-order valence-corrected chi connectivity index (χ2v) is 7.01. The fourth-order valence-corrected chi connectivity index (χ4v) is 3.65. The van der Waals surface area contributed by atoms with Crippen LogP contribution in [0.4, 0.5) is 15.3 Å². The SMILES string of the molecule is Cc1ncc2n1C(=O)N(c1ccc(OCC[C@@H]3CN(C(=O)O)CCN3)cc1)C2.Cl. The first-order valence-corrected chi connectivity index (χ1v) is 9.32. The zero-order chi connectivity index (χ0) is 19.7. The van der Waals surface area contributed by atoms with Crippen molar-refractivity contribution in [3.05, 3.63) is 42.0 Å². The fourth-order valence-electron chi connectivity index (χ4n) is 3.65. The summed E-state index contributed by atoms with van der Waals surface area (Å²) >= 11 is 0. The van der Waals surface area contributed by atoms with E-state index in [1.165, 1.54) is 4.90 Å². The minimum atomic E-state index is -0.878. The second kappa shape index (κ2) is 8.71. The van der Waals surface area contributed by atoms with Gasteiger partial charge in [0.05, 0.1) is 25.0 Å². The van der Waals surface area contributed by atoms with E-state index >= 15 is 0 Å². The summed E-state index contributed by atoms with van der Waals surface area (Å²) in [4.78, 5) is 30.9. The van der Waals surface area contributed by atoms with Gasteiger partial charge in [-0.25, -0.2) is 14.6 Å². The first kappa shape index (κ1) is 20.9. The van der Waals surface area contributed by atoms with E-state index in [1.807, 2.05) is 31.2 Å². The molecular formula is C19H24ClN5O4. The molecule has 1 fully saturated rings. The van der Waals surface area contributed by atoms with Crippen molar-refractivity contribution in [3.63, 3.8) is 0 Å². The van der Waals surface area contributed by atoms with Gasteiger partial charge in [-0.2, -0.15) is 0 Å². The van der Waals surface area contributed by atoms with Gasteiger partial charge in [0.2, 0.25) is 0 Å². The molecule has 3 heterocycles. The number of amides is 2. The Hall–Kier alpha value is -2.78. The number of halogens is 1. The van der Waals surface area contributed by atoms with E-state index in [0.29, 0.717) is 38.6 Å². The van der Waals surface area contributed by atoms with Crippen LogP contribution in [0.5, 0.6) is 5.75 Å². The fraction of sp³-hybridized carbons (Fsp3) is 0.421. The lowest BCUT2D eigenvalue weighted by Crippen LogP contribution is -2.52. The van der Waals surface area contributed by atoms with E-state index in [9.17, 15) is 9.59 Å². The number of hydrogen-bond donors (Lipinski definition) is 2. The molecule has 4 rings (SSSR count). The largest absolute Gasteiger partial charge is 0.494 e. The molecule has 9 nitrogen and oxygen atoms in total. The number of rotatable bonds is 5. The highest BCUT2D eigenvalue weighted by molar-refractivity contribution is 5.96. The van der Waals surface area contributed by atoms with Crippen LogP contribution in [-0.4, -0.2) is 64.0 Å². The molecule has 10 heteroatoms. The Morgan fingerprint density at radius 2 is 2.10 bits per heavy atom. The molecule has 0 bridgehead atoms. The van der Waals surface area contributed by atoms with E-state index in [1.54, 1.807) is 15.7 Å². The molecule has 29 heavy (non-hydrogen) atoms. The van der Waals surface area contributed by atoms with Crippen LogP contribution < -0.4 is 15.0 Å². The van der Waals surface area contributed by atoms with Crippen LogP contribution in [0.2, 0.25) is 0 Å². The number of carboxylic acid groups (broad SMARTS) is 1. The smallest absolute Gasteiger partial charge is 0.407 e. The van der Waals surface area contributed by atoms with E-state index < -0.39 is 6.09 Å². The van der Waals surface area contributed by atoms with Crippen LogP contribution in [-0.2, 0) is 6.54 Å². The molecule has 1 aromatic heterocycles. The maximum absolute atomic E-state index is 12.6. The van der Waals surface area contributed by atoms with Gasteiger partial charge in [0.1, 0.15) is 11.6 Å². The Kier molecular flexibility index (Phi) is 6.29. The third-order valence-corrected chi connectivity index (χ3v) is 5.16. The Bertz CT molecular complexity index is 885. The number of benzene rings is 1. The number of fused-ring (bicyclic) bond motifs is 1. The third kappa shape index (κ3) is 4.30. The van der Waals surface area contributed by atoms with Crippen LogP contribution in [0.3, 0.4) is 0 Å². The van der Waals surface area contributed by atoms with Gasteiger partial charge in [-0.05, 0) is 37.6 Å². The van der Waals surface area contributed by atoms with Crippen molar-refractivity contribution >= 4 is 30.2 Å². The molecule has 0 radical (unpaired) electrons. The first-order chi connectivity index (χ1) is 13.5. The average molecular weight is 422 g/mol. The average Bonchev–Trinajstić information content (AvgIpc) is 3.23. The number of piperazine rings is 1. The standard InChI is InChI=1S/C19H23N5O4.ClH/c1-13-21-10-16-12-23(18(25)24(13)16)15-2-4-17(5-3-15)28-9-6-14-11-22(19(26)27)8-7-20-14;/h2-5,10,14,20H,6-9,11-12H2,1H3,(H,26,27);1H/t14-;/m1./s1. The van der Waals surface area contributed by atoms with Gasteiger partial charge < -0.3 is 20.1 Å². The van der Waals surface area contributed by atoms with Crippen molar-refractivity contribution in [1.82, 2.24) is 19.8 Å². The molecule has 1 atom stereocenters. The molecule has 2 aromatic rings. The maximum atomic E-state index is 12.6. The van der Waals surface area contributed by atoms with Gasteiger partial charge in [0.25, 0.3) is 0 Å².